The first kappa shape index (κ1) is 35.5. The van der Waals surface area contributed by atoms with E-state index < -0.39 is 0 Å². The summed E-state index contributed by atoms with van der Waals surface area (Å²) in [6, 6.07) is 73.3. The van der Waals surface area contributed by atoms with Gasteiger partial charge in [-0.05, 0) is 151 Å². The first-order chi connectivity index (χ1) is 30.3. The topological polar surface area (TPSA) is 0 Å². The van der Waals surface area contributed by atoms with E-state index in [1.54, 1.807) is 0 Å². The highest BCUT2D eigenvalue weighted by atomic mass is 14.4. The van der Waals surface area contributed by atoms with Crippen LogP contribution in [0.4, 0.5) is 0 Å². The van der Waals surface area contributed by atoms with Crippen LogP contribution in [0.2, 0.25) is 0 Å². The van der Waals surface area contributed by atoms with Gasteiger partial charge in [0.05, 0.1) is 0 Å². The highest BCUT2D eigenvalue weighted by Crippen LogP contribution is 2.59. The van der Waals surface area contributed by atoms with Gasteiger partial charge in [0, 0.05) is 10.8 Å². The van der Waals surface area contributed by atoms with Crippen LogP contribution in [0.25, 0.3) is 111 Å². The van der Waals surface area contributed by atoms with Crippen LogP contribution in [0.5, 0.6) is 0 Å². The Bertz CT molecular complexity index is 3450. The van der Waals surface area contributed by atoms with Gasteiger partial charge in [0.25, 0.3) is 0 Å². The van der Waals surface area contributed by atoms with Gasteiger partial charge < -0.3 is 0 Å². The third kappa shape index (κ3) is 4.73. The first-order valence-electron chi connectivity index (χ1n) is 22.1. The van der Waals surface area contributed by atoms with E-state index in [0.29, 0.717) is 0 Å². The molecule has 0 nitrogen and oxygen atoms in total. The molecule has 0 fully saturated rings. The molecule has 0 N–H and O–H groups in total. The number of benzene rings is 10. The monoisotopic (exact) mass is 788 g/mol. The molecule has 0 radical (unpaired) electrons. The van der Waals surface area contributed by atoms with Crippen molar-refractivity contribution < 1.29 is 0 Å². The number of rotatable bonds is 4. The Kier molecular flexibility index (Phi) is 7.23. The molecule has 0 heteroatoms. The lowest BCUT2D eigenvalue weighted by Gasteiger charge is -2.23. The van der Waals surface area contributed by atoms with Crippen LogP contribution >= 0.6 is 0 Å². The molecule has 0 saturated carbocycles. The molecule has 0 spiro atoms. The van der Waals surface area contributed by atoms with Gasteiger partial charge in [0.2, 0.25) is 0 Å². The first-order valence-corrected chi connectivity index (χ1v) is 22.1. The van der Waals surface area contributed by atoms with Crippen LogP contribution < -0.4 is 0 Å². The van der Waals surface area contributed by atoms with E-state index in [2.05, 4.69) is 222 Å². The van der Waals surface area contributed by atoms with E-state index in [-0.39, 0.29) is 10.8 Å². The molecule has 10 aromatic rings. The zero-order chi connectivity index (χ0) is 41.5. The minimum atomic E-state index is -0.163. The molecule has 0 aromatic heterocycles. The second-order valence-corrected chi connectivity index (χ2v) is 18.7. The molecule has 0 saturated heterocycles. The summed E-state index contributed by atoms with van der Waals surface area (Å²) in [5, 5.41) is 5.22. The Morgan fingerprint density at radius 3 is 1.21 bits per heavy atom. The van der Waals surface area contributed by atoms with Crippen LogP contribution in [-0.2, 0) is 10.8 Å². The van der Waals surface area contributed by atoms with Crippen molar-refractivity contribution in [3.05, 3.63) is 216 Å². The summed E-state index contributed by atoms with van der Waals surface area (Å²) >= 11 is 0. The van der Waals surface area contributed by atoms with E-state index in [0.717, 1.165) is 0 Å². The smallest absolute Gasteiger partial charge is 0.0159 e. The fourth-order valence-electron chi connectivity index (χ4n) is 11.8. The van der Waals surface area contributed by atoms with Gasteiger partial charge >= 0.3 is 0 Å². The Morgan fingerprint density at radius 1 is 0.242 bits per heavy atom. The van der Waals surface area contributed by atoms with Gasteiger partial charge in [-0.3, -0.25) is 0 Å². The van der Waals surface area contributed by atoms with Crippen LogP contribution in [0.3, 0.4) is 0 Å². The van der Waals surface area contributed by atoms with Crippen molar-refractivity contribution in [1.29, 1.82) is 0 Å². The van der Waals surface area contributed by atoms with Crippen molar-refractivity contribution in [3.8, 4) is 89.0 Å². The molecule has 0 bridgehead atoms. The SMILES string of the molecule is CC1(C)c2ccccc2-c2ccc(-c3ccc4c(c3)C(C)(C)c3cc(-c5ccc6c7c(cccc57)-c5c-6c(-c6ccccc6)c6ccccc6c5-c5ccccc5)ccc3-4)cc21. The highest BCUT2D eigenvalue weighted by molar-refractivity contribution is 6.28. The number of fused-ring (bicyclic) bond motifs is 10. The lowest BCUT2D eigenvalue weighted by molar-refractivity contribution is 0.659. The number of hydrogen-bond acceptors (Lipinski definition) is 0. The zero-order valence-corrected chi connectivity index (χ0v) is 35.5. The molecule has 0 unspecified atom stereocenters. The van der Waals surface area contributed by atoms with Crippen molar-refractivity contribution in [1.82, 2.24) is 0 Å². The highest BCUT2D eigenvalue weighted by Gasteiger charge is 2.38. The summed E-state index contributed by atoms with van der Waals surface area (Å²) in [5.74, 6) is 0. The largest absolute Gasteiger partial charge is 0.0622 e. The molecule has 10 aromatic carbocycles. The fourth-order valence-corrected chi connectivity index (χ4v) is 11.8. The summed E-state index contributed by atoms with van der Waals surface area (Å²) < 4.78 is 0. The molecule has 0 amide bonds. The third-order valence-electron chi connectivity index (χ3n) is 14.8. The molecule has 62 heavy (non-hydrogen) atoms. The van der Waals surface area contributed by atoms with Crippen molar-refractivity contribution in [2.45, 2.75) is 38.5 Å². The molecular formula is C62H44. The van der Waals surface area contributed by atoms with E-state index in [1.165, 1.54) is 133 Å². The predicted octanol–water partition coefficient (Wildman–Crippen LogP) is 16.9. The molecule has 0 aliphatic heterocycles. The molecule has 3 aliphatic carbocycles. The minimum absolute atomic E-state index is 0.0293. The standard InChI is InChI=1S/C62H44/c1-61(2)52-25-14-13-20-43(52)44-29-26-39(34-53(44)61)40-27-30-45-46-31-28-41(36-55(46)62(3,4)54(45)35-40)42-32-33-51-58-47(42)23-15-24-50(58)59-56(37-16-7-5-8-17-37)48-21-11-12-22-49(48)57(60(51)59)38-18-9-6-10-19-38/h5-36H,1-4H3. The van der Waals surface area contributed by atoms with Gasteiger partial charge in [0.15, 0.2) is 0 Å². The van der Waals surface area contributed by atoms with E-state index in [9.17, 15) is 0 Å². The second kappa shape index (κ2) is 12.6. The predicted molar refractivity (Wildman–Crippen MR) is 263 cm³/mol. The normalized spacial score (nSPS) is 14.4. The Balaban J connectivity index is 0.954. The van der Waals surface area contributed by atoms with Crippen LogP contribution in [-0.4, -0.2) is 0 Å². The van der Waals surface area contributed by atoms with E-state index >= 15 is 0 Å². The van der Waals surface area contributed by atoms with Crippen molar-refractivity contribution >= 4 is 21.5 Å². The summed E-state index contributed by atoms with van der Waals surface area (Å²) in [4.78, 5) is 0. The lowest BCUT2D eigenvalue weighted by atomic mass is 9.80. The molecule has 0 atom stereocenters. The van der Waals surface area contributed by atoms with Crippen molar-refractivity contribution in [2.75, 3.05) is 0 Å². The van der Waals surface area contributed by atoms with E-state index in [4.69, 9.17) is 0 Å². The van der Waals surface area contributed by atoms with Gasteiger partial charge in [0.1, 0.15) is 0 Å². The number of hydrogen-bond donors (Lipinski definition) is 0. The van der Waals surface area contributed by atoms with Crippen molar-refractivity contribution in [2.24, 2.45) is 0 Å². The maximum atomic E-state index is 2.50. The fraction of sp³-hybridized carbons (Fsp3) is 0.0968. The summed E-state index contributed by atoms with van der Waals surface area (Å²) in [5.41, 5.74) is 26.4. The summed E-state index contributed by atoms with van der Waals surface area (Å²) in [7, 11) is 0. The van der Waals surface area contributed by atoms with Gasteiger partial charge in [-0.25, -0.2) is 0 Å². The second-order valence-electron chi connectivity index (χ2n) is 18.7. The third-order valence-corrected chi connectivity index (χ3v) is 14.8. The molecule has 292 valence electrons. The average Bonchev–Trinajstić information content (AvgIpc) is 3.85. The molecule has 13 rings (SSSR count). The van der Waals surface area contributed by atoms with Crippen LogP contribution in [0.15, 0.2) is 194 Å². The Morgan fingerprint density at radius 2 is 0.629 bits per heavy atom. The lowest BCUT2D eigenvalue weighted by Crippen LogP contribution is -2.15. The summed E-state index contributed by atoms with van der Waals surface area (Å²) in [6.07, 6.45) is 0. The Hall–Kier alpha value is -7.28. The average molecular weight is 789 g/mol. The maximum absolute atomic E-state index is 2.50. The quantitative estimate of drug-likeness (QED) is 0.167. The molecular weight excluding hydrogens is 745 g/mol. The van der Waals surface area contributed by atoms with Crippen LogP contribution in [0.1, 0.15) is 49.9 Å². The van der Waals surface area contributed by atoms with E-state index in [1.807, 2.05) is 0 Å². The van der Waals surface area contributed by atoms with Gasteiger partial charge in [-0.2, -0.15) is 0 Å². The maximum Gasteiger partial charge on any atom is 0.0159 e. The van der Waals surface area contributed by atoms with Gasteiger partial charge in [-0.1, -0.05) is 204 Å². The van der Waals surface area contributed by atoms with Crippen LogP contribution in [0, 0.1) is 0 Å². The summed E-state index contributed by atoms with van der Waals surface area (Å²) in [6.45, 7) is 9.57. The Labute approximate surface area is 363 Å². The van der Waals surface area contributed by atoms with Gasteiger partial charge in [-0.15, -0.1) is 0 Å². The zero-order valence-electron chi connectivity index (χ0n) is 35.5. The molecule has 0 heterocycles. The minimum Gasteiger partial charge on any atom is -0.0622 e. The van der Waals surface area contributed by atoms with Crippen molar-refractivity contribution in [3.63, 3.8) is 0 Å². The molecule has 3 aliphatic rings.